The van der Waals surface area contributed by atoms with Crippen molar-refractivity contribution < 1.29 is 4.79 Å². The van der Waals surface area contributed by atoms with Gasteiger partial charge >= 0.3 is 0 Å². The zero-order valence-electron chi connectivity index (χ0n) is 12.8. The van der Waals surface area contributed by atoms with Crippen molar-refractivity contribution in [2.45, 2.75) is 32.1 Å². The first-order valence-electron chi connectivity index (χ1n) is 8.06. The summed E-state index contributed by atoms with van der Waals surface area (Å²) >= 11 is 0. The third kappa shape index (κ3) is 3.73. The summed E-state index contributed by atoms with van der Waals surface area (Å²) in [5.41, 5.74) is 4.02. The van der Waals surface area contributed by atoms with Crippen molar-refractivity contribution in [3.8, 4) is 0 Å². The molecule has 3 rings (SSSR count). The van der Waals surface area contributed by atoms with Gasteiger partial charge in [-0.25, -0.2) is 0 Å². The molecule has 0 spiro atoms. The van der Waals surface area contributed by atoms with Gasteiger partial charge < -0.3 is 5.32 Å². The number of carbonyl (C=O) groups is 1. The van der Waals surface area contributed by atoms with Crippen molar-refractivity contribution in [1.29, 1.82) is 0 Å². The number of carbonyl (C=O) groups excluding carboxylic acids is 1. The topological polar surface area (TPSA) is 42.0 Å². The highest BCUT2D eigenvalue weighted by atomic mass is 16.1. The van der Waals surface area contributed by atoms with Crippen molar-refractivity contribution in [3.63, 3.8) is 0 Å². The third-order valence-corrected chi connectivity index (χ3v) is 4.41. The van der Waals surface area contributed by atoms with Gasteiger partial charge in [-0.15, -0.1) is 0 Å². The Labute approximate surface area is 131 Å². The van der Waals surface area contributed by atoms with Crippen molar-refractivity contribution in [2.24, 2.45) is 5.92 Å². The fourth-order valence-electron chi connectivity index (χ4n) is 3.12. The molecule has 0 radical (unpaired) electrons. The molecule has 0 aliphatic heterocycles. The standard InChI is InChI=1S/C19H22N2O/c22-19(21-11-3-4-15-9-12-20-13-10-15)18-8-7-16-5-1-2-6-17(16)14-18/h1-2,5-6,9-10,12-13,18H,3-4,7-8,11,14H2,(H,21,22)/t18-/m1/s1. The normalized spacial score (nSPS) is 16.8. The molecule has 22 heavy (non-hydrogen) atoms. The molecule has 1 amide bonds. The molecule has 1 aliphatic rings. The Hall–Kier alpha value is -2.16. The number of rotatable bonds is 5. The van der Waals surface area contributed by atoms with Crippen LogP contribution in [0.1, 0.15) is 29.5 Å². The summed E-state index contributed by atoms with van der Waals surface area (Å²) in [4.78, 5) is 16.3. The van der Waals surface area contributed by atoms with Crippen LogP contribution in [0.3, 0.4) is 0 Å². The molecule has 3 nitrogen and oxygen atoms in total. The molecular formula is C19H22N2O. The first-order chi connectivity index (χ1) is 10.8. The van der Waals surface area contributed by atoms with Gasteiger partial charge in [-0.1, -0.05) is 24.3 Å². The molecular weight excluding hydrogens is 272 g/mol. The van der Waals surface area contributed by atoms with Crippen LogP contribution in [0.25, 0.3) is 0 Å². The Kier molecular flexibility index (Phi) is 4.84. The minimum Gasteiger partial charge on any atom is -0.356 e. The fraction of sp³-hybridized carbons (Fsp3) is 0.368. The van der Waals surface area contributed by atoms with Crippen LogP contribution >= 0.6 is 0 Å². The van der Waals surface area contributed by atoms with E-state index < -0.39 is 0 Å². The lowest BCUT2D eigenvalue weighted by Gasteiger charge is -2.23. The summed E-state index contributed by atoms with van der Waals surface area (Å²) in [6, 6.07) is 12.5. The van der Waals surface area contributed by atoms with Crippen LogP contribution in [-0.2, 0) is 24.1 Å². The lowest BCUT2D eigenvalue weighted by Crippen LogP contribution is -2.34. The van der Waals surface area contributed by atoms with Crippen molar-refractivity contribution in [1.82, 2.24) is 10.3 Å². The molecule has 1 aromatic carbocycles. The summed E-state index contributed by atoms with van der Waals surface area (Å²) in [7, 11) is 0. The zero-order valence-corrected chi connectivity index (χ0v) is 12.8. The second kappa shape index (κ2) is 7.21. The fourth-order valence-corrected chi connectivity index (χ4v) is 3.12. The number of nitrogens with one attached hydrogen (secondary N) is 1. The molecule has 1 heterocycles. The van der Waals surface area contributed by atoms with E-state index in [1.165, 1.54) is 16.7 Å². The summed E-state index contributed by atoms with van der Waals surface area (Å²) in [5, 5.41) is 3.10. The van der Waals surface area contributed by atoms with E-state index in [0.29, 0.717) is 0 Å². The van der Waals surface area contributed by atoms with Crippen molar-refractivity contribution in [3.05, 3.63) is 65.5 Å². The summed E-state index contributed by atoms with van der Waals surface area (Å²) < 4.78 is 0. The Morgan fingerprint density at radius 3 is 2.73 bits per heavy atom. The maximum atomic E-state index is 12.3. The van der Waals surface area contributed by atoms with Crippen LogP contribution in [0.4, 0.5) is 0 Å². The molecule has 0 unspecified atom stereocenters. The van der Waals surface area contributed by atoms with Crippen LogP contribution in [0.5, 0.6) is 0 Å². The number of aromatic nitrogens is 1. The van der Waals surface area contributed by atoms with E-state index in [1.807, 2.05) is 24.5 Å². The second-order valence-corrected chi connectivity index (χ2v) is 5.96. The molecule has 1 N–H and O–H groups in total. The maximum Gasteiger partial charge on any atom is 0.223 e. The number of amides is 1. The molecule has 2 aromatic rings. The van der Waals surface area contributed by atoms with Crippen LogP contribution in [0.2, 0.25) is 0 Å². The summed E-state index contributed by atoms with van der Waals surface area (Å²) in [5.74, 6) is 0.347. The molecule has 1 aliphatic carbocycles. The van der Waals surface area contributed by atoms with E-state index in [2.05, 4.69) is 34.6 Å². The van der Waals surface area contributed by atoms with E-state index in [1.54, 1.807) is 0 Å². The lowest BCUT2D eigenvalue weighted by molar-refractivity contribution is -0.125. The molecule has 3 heteroatoms. The minimum atomic E-state index is 0.135. The second-order valence-electron chi connectivity index (χ2n) is 5.96. The van der Waals surface area contributed by atoms with Crippen LogP contribution in [-0.4, -0.2) is 17.4 Å². The lowest BCUT2D eigenvalue weighted by atomic mass is 9.83. The number of pyridine rings is 1. The number of nitrogens with zero attached hydrogens (tertiary/aromatic N) is 1. The van der Waals surface area contributed by atoms with Crippen LogP contribution in [0.15, 0.2) is 48.8 Å². The highest BCUT2D eigenvalue weighted by molar-refractivity contribution is 5.79. The molecule has 0 bridgehead atoms. The van der Waals surface area contributed by atoms with E-state index in [0.717, 1.165) is 38.6 Å². The zero-order chi connectivity index (χ0) is 15.2. The largest absolute Gasteiger partial charge is 0.356 e. The Morgan fingerprint density at radius 1 is 1.14 bits per heavy atom. The Balaban J connectivity index is 1.43. The molecule has 0 saturated carbocycles. The average Bonchev–Trinajstić information content (AvgIpc) is 2.59. The van der Waals surface area contributed by atoms with Gasteiger partial charge in [-0.3, -0.25) is 9.78 Å². The minimum absolute atomic E-state index is 0.135. The highest BCUT2D eigenvalue weighted by Crippen LogP contribution is 2.25. The molecule has 114 valence electrons. The maximum absolute atomic E-state index is 12.3. The molecule has 1 atom stereocenters. The van der Waals surface area contributed by atoms with Gasteiger partial charge in [0.1, 0.15) is 0 Å². The van der Waals surface area contributed by atoms with E-state index >= 15 is 0 Å². The van der Waals surface area contributed by atoms with Gasteiger partial charge in [-0.2, -0.15) is 0 Å². The summed E-state index contributed by atoms with van der Waals surface area (Å²) in [6.07, 6.45) is 8.45. The predicted molar refractivity (Wildman–Crippen MR) is 87.5 cm³/mol. The first-order valence-corrected chi connectivity index (χ1v) is 8.06. The van der Waals surface area contributed by atoms with Crippen LogP contribution < -0.4 is 5.32 Å². The summed E-state index contributed by atoms with van der Waals surface area (Å²) in [6.45, 7) is 0.749. The van der Waals surface area contributed by atoms with Gasteiger partial charge in [0.25, 0.3) is 0 Å². The van der Waals surface area contributed by atoms with Gasteiger partial charge in [0.15, 0.2) is 0 Å². The molecule has 0 fully saturated rings. The number of hydrogen-bond donors (Lipinski definition) is 1. The monoisotopic (exact) mass is 294 g/mol. The average molecular weight is 294 g/mol. The van der Waals surface area contributed by atoms with E-state index in [9.17, 15) is 4.79 Å². The predicted octanol–water partition coefficient (Wildman–Crippen LogP) is 2.94. The third-order valence-electron chi connectivity index (χ3n) is 4.41. The SMILES string of the molecule is O=C(NCCCc1ccncc1)[C@@H]1CCc2ccccc2C1. The van der Waals surface area contributed by atoms with Gasteiger partial charge in [0, 0.05) is 24.9 Å². The number of aryl methyl sites for hydroxylation is 2. The van der Waals surface area contributed by atoms with Gasteiger partial charge in [-0.05, 0) is 60.9 Å². The molecule has 0 saturated heterocycles. The Bertz CT molecular complexity index is 624. The number of benzene rings is 1. The Morgan fingerprint density at radius 2 is 1.91 bits per heavy atom. The smallest absolute Gasteiger partial charge is 0.223 e. The first kappa shape index (κ1) is 14.8. The number of hydrogen-bond acceptors (Lipinski definition) is 2. The van der Waals surface area contributed by atoms with E-state index in [-0.39, 0.29) is 11.8 Å². The van der Waals surface area contributed by atoms with Crippen LogP contribution in [0, 0.1) is 5.92 Å². The quantitative estimate of drug-likeness (QED) is 0.862. The van der Waals surface area contributed by atoms with E-state index in [4.69, 9.17) is 0 Å². The highest BCUT2D eigenvalue weighted by Gasteiger charge is 2.23. The van der Waals surface area contributed by atoms with Crippen molar-refractivity contribution >= 4 is 5.91 Å². The van der Waals surface area contributed by atoms with Gasteiger partial charge in [0.2, 0.25) is 5.91 Å². The number of fused-ring (bicyclic) bond motifs is 1. The van der Waals surface area contributed by atoms with Crippen molar-refractivity contribution in [2.75, 3.05) is 6.54 Å². The van der Waals surface area contributed by atoms with Gasteiger partial charge in [0.05, 0.1) is 0 Å². The molecule has 1 aromatic heterocycles.